The largest absolute Gasteiger partial charge is 0.417 e. The van der Waals surface area contributed by atoms with Crippen LogP contribution >= 0.6 is 0 Å². The number of anilines is 1. The lowest BCUT2D eigenvalue weighted by Crippen LogP contribution is -2.29. The van der Waals surface area contributed by atoms with Gasteiger partial charge in [-0.15, -0.1) is 0 Å². The van der Waals surface area contributed by atoms with Crippen molar-refractivity contribution in [2.24, 2.45) is 0 Å². The molecule has 0 amide bonds. The second-order valence-corrected chi connectivity index (χ2v) is 6.50. The van der Waals surface area contributed by atoms with E-state index in [0.29, 0.717) is 18.0 Å². The van der Waals surface area contributed by atoms with Gasteiger partial charge in [-0.25, -0.2) is 18.1 Å². The summed E-state index contributed by atoms with van der Waals surface area (Å²) in [6.45, 7) is 0.144. The molecule has 7 nitrogen and oxygen atoms in total. The molecular weight excluding hydrogens is 359 g/mol. The van der Waals surface area contributed by atoms with Crippen LogP contribution in [0.15, 0.2) is 41.7 Å². The van der Waals surface area contributed by atoms with Gasteiger partial charge in [-0.1, -0.05) is 0 Å². The van der Waals surface area contributed by atoms with E-state index in [1.54, 1.807) is 0 Å². The highest BCUT2D eigenvalue weighted by Gasteiger charge is 2.34. The lowest BCUT2D eigenvalue weighted by atomic mass is 10.1. The zero-order chi connectivity index (χ0) is 18.5. The Balaban J connectivity index is 2.05. The van der Waals surface area contributed by atoms with Crippen molar-refractivity contribution in [3.63, 3.8) is 0 Å². The van der Waals surface area contributed by atoms with Gasteiger partial charge in [-0.2, -0.15) is 18.4 Å². The number of rotatable bonds is 6. The fraction of sp³-hybridized carbons (Fsp3) is 0.214. The van der Waals surface area contributed by atoms with Gasteiger partial charge in [0.2, 0.25) is 10.0 Å². The first kappa shape index (κ1) is 18.6. The quantitative estimate of drug-likeness (QED) is 0.749. The summed E-state index contributed by atoms with van der Waals surface area (Å²) in [6.07, 6.45) is -0.353. The first-order valence-electron chi connectivity index (χ1n) is 6.85. The maximum absolute atomic E-state index is 12.7. The van der Waals surface area contributed by atoms with E-state index in [1.807, 2.05) is 0 Å². The summed E-state index contributed by atoms with van der Waals surface area (Å²) in [5, 5.41) is 11.6. The van der Waals surface area contributed by atoms with Crippen LogP contribution in [0.3, 0.4) is 0 Å². The second kappa shape index (κ2) is 7.45. The molecular formula is C14H12F3N5O2S. The number of benzene rings is 1. The lowest BCUT2D eigenvalue weighted by molar-refractivity contribution is -0.137. The zero-order valence-corrected chi connectivity index (χ0v) is 13.4. The van der Waals surface area contributed by atoms with Crippen LogP contribution in [-0.2, 0) is 16.2 Å². The van der Waals surface area contributed by atoms with Crippen molar-refractivity contribution in [1.29, 1.82) is 5.26 Å². The van der Waals surface area contributed by atoms with Gasteiger partial charge in [-0.3, -0.25) is 4.98 Å². The normalized spacial score (nSPS) is 11.8. The molecule has 25 heavy (non-hydrogen) atoms. The van der Waals surface area contributed by atoms with Crippen LogP contribution in [0.4, 0.5) is 19.0 Å². The van der Waals surface area contributed by atoms with Crippen molar-refractivity contribution in [2.75, 3.05) is 18.4 Å². The van der Waals surface area contributed by atoms with Crippen molar-refractivity contribution >= 4 is 15.8 Å². The van der Waals surface area contributed by atoms with Gasteiger partial charge in [0.15, 0.2) is 0 Å². The molecule has 0 radical (unpaired) electrons. The minimum atomic E-state index is -4.73. The number of nitriles is 1. The molecule has 0 atom stereocenters. The Morgan fingerprint density at radius 3 is 2.56 bits per heavy atom. The van der Waals surface area contributed by atoms with Gasteiger partial charge < -0.3 is 5.32 Å². The van der Waals surface area contributed by atoms with Crippen molar-refractivity contribution in [3.8, 4) is 6.07 Å². The third-order valence-electron chi connectivity index (χ3n) is 3.01. The van der Waals surface area contributed by atoms with Gasteiger partial charge in [-0.05, 0) is 18.2 Å². The highest BCUT2D eigenvalue weighted by molar-refractivity contribution is 7.89. The minimum Gasteiger partial charge on any atom is -0.367 e. The molecule has 0 spiro atoms. The number of hydrogen-bond acceptors (Lipinski definition) is 6. The molecule has 2 N–H and O–H groups in total. The monoisotopic (exact) mass is 371 g/mol. The fourth-order valence-corrected chi connectivity index (χ4v) is 2.94. The first-order chi connectivity index (χ1) is 11.7. The van der Waals surface area contributed by atoms with E-state index >= 15 is 0 Å². The molecule has 0 bridgehead atoms. The van der Waals surface area contributed by atoms with E-state index in [9.17, 15) is 21.6 Å². The first-order valence-corrected chi connectivity index (χ1v) is 8.33. The van der Waals surface area contributed by atoms with Crippen LogP contribution in [-0.4, -0.2) is 31.5 Å². The van der Waals surface area contributed by atoms with Crippen LogP contribution in [0.2, 0.25) is 0 Å². The maximum Gasteiger partial charge on any atom is 0.417 e. The van der Waals surface area contributed by atoms with Gasteiger partial charge in [0.1, 0.15) is 5.82 Å². The Bertz CT molecular complexity index is 880. The average molecular weight is 371 g/mol. The summed E-state index contributed by atoms with van der Waals surface area (Å²) >= 11 is 0. The summed E-state index contributed by atoms with van der Waals surface area (Å²) < 4.78 is 64.7. The summed E-state index contributed by atoms with van der Waals surface area (Å²) in [5.74, 6) is 0.447. The Morgan fingerprint density at radius 2 is 1.96 bits per heavy atom. The van der Waals surface area contributed by atoms with E-state index < -0.39 is 32.2 Å². The summed E-state index contributed by atoms with van der Waals surface area (Å²) in [6, 6.07) is 3.44. The topological polar surface area (TPSA) is 108 Å². The molecule has 0 unspecified atom stereocenters. The Labute approximate surface area is 141 Å². The molecule has 0 aliphatic heterocycles. The highest BCUT2D eigenvalue weighted by Crippen LogP contribution is 2.32. The molecule has 132 valence electrons. The molecule has 0 aliphatic rings. The van der Waals surface area contributed by atoms with Gasteiger partial charge in [0, 0.05) is 25.5 Å². The molecule has 1 aromatic heterocycles. The van der Waals surface area contributed by atoms with E-state index in [4.69, 9.17) is 5.26 Å². The third kappa shape index (κ3) is 4.88. The zero-order valence-electron chi connectivity index (χ0n) is 12.6. The molecule has 0 saturated carbocycles. The number of sulfonamides is 1. The number of nitrogens with one attached hydrogen (secondary N) is 2. The van der Waals surface area contributed by atoms with Crippen molar-refractivity contribution in [3.05, 3.63) is 47.9 Å². The average Bonchev–Trinajstić information content (AvgIpc) is 2.58. The number of aromatic nitrogens is 2. The van der Waals surface area contributed by atoms with Crippen molar-refractivity contribution < 1.29 is 21.6 Å². The Hall–Kier alpha value is -2.71. The second-order valence-electron chi connectivity index (χ2n) is 4.73. The Morgan fingerprint density at radius 1 is 1.20 bits per heavy atom. The number of nitrogens with zero attached hydrogens (tertiary/aromatic N) is 3. The third-order valence-corrected chi connectivity index (χ3v) is 4.47. The molecule has 2 rings (SSSR count). The maximum atomic E-state index is 12.7. The van der Waals surface area contributed by atoms with Gasteiger partial charge >= 0.3 is 6.18 Å². The molecule has 0 fully saturated rings. The molecule has 0 aliphatic carbocycles. The van der Waals surface area contributed by atoms with Crippen LogP contribution in [0.5, 0.6) is 0 Å². The molecule has 0 saturated heterocycles. The van der Waals surface area contributed by atoms with Crippen LogP contribution in [0.1, 0.15) is 11.1 Å². The van der Waals surface area contributed by atoms with Crippen molar-refractivity contribution in [2.45, 2.75) is 11.1 Å². The molecule has 1 aromatic carbocycles. The molecule has 1 heterocycles. The van der Waals surface area contributed by atoms with E-state index in [2.05, 4.69) is 20.0 Å². The van der Waals surface area contributed by atoms with E-state index in [0.717, 1.165) is 6.07 Å². The van der Waals surface area contributed by atoms with Gasteiger partial charge in [0.25, 0.3) is 0 Å². The molecule has 2 aromatic rings. The predicted octanol–water partition coefficient (Wildman–Crippen LogP) is 1.76. The number of alkyl halides is 3. The van der Waals surface area contributed by atoms with Crippen molar-refractivity contribution in [1.82, 2.24) is 14.7 Å². The summed E-state index contributed by atoms with van der Waals surface area (Å²) in [7, 11) is -4.05. The summed E-state index contributed by atoms with van der Waals surface area (Å²) in [5.41, 5.74) is -1.94. The molecule has 11 heteroatoms. The fourth-order valence-electron chi connectivity index (χ4n) is 1.88. The lowest BCUT2D eigenvalue weighted by Gasteiger charge is -2.11. The van der Waals surface area contributed by atoms with E-state index in [1.165, 1.54) is 24.7 Å². The van der Waals surface area contributed by atoms with Crippen LogP contribution < -0.4 is 10.0 Å². The highest BCUT2D eigenvalue weighted by atomic mass is 32.2. The van der Waals surface area contributed by atoms with Crippen LogP contribution in [0, 0.1) is 11.3 Å². The SMILES string of the molecule is N#Cc1cc(S(=O)(=O)NCCNc2cnccn2)ccc1C(F)(F)F. The van der Waals surface area contributed by atoms with E-state index in [-0.39, 0.29) is 13.1 Å². The number of halogens is 3. The summed E-state index contributed by atoms with van der Waals surface area (Å²) in [4.78, 5) is 7.33. The minimum absolute atomic E-state index is 0.0399. The van der Waals surface area contributed by atoms with Crippen LogP contribution in [0.25, 0.3) is 0 Å². The smallest absolute Gasteiger partial charge is 0.367 e. The predicted molar refractivity (Wildman–Crippen MR) is 81.9 cm³/mol. The number of hydrogen-bond donors (Lipinski definition) is 2. The van der Waals surface area contributed by atoms with Gasteiger partial charge in [0.05, 0.1) is 28.3 Å². The standard InChI is InChI=1S/C14H12F3N5O2S/c15-14(16,17)12-2-1-11(7-10(12)8-18)25(23,24)22-6-5-21-13-9-19-3-4-20-13/h1-4,7,9,22H,5-6H2,(H,20,21). The Kier molecular flexibility index (Phi) is 5.55.